The minimum atomic E-state index is -0.791. The van der Waals surface area contributed by atoms with E-state index in [1.807, 2.05) is 43.3 Å². The molecular weight excluding hydrogens is 435 g/mol. The molecule has 0 aliphatic heterocycles. The summed E-state index contributed by atoms with van der Waals surface area (Å²) in [5, 5.41) is 19.4. The fraction of sp³-hybridized carbons (Fsp3) is 0.455. The molecule has 160 valence electrons. The van der Waals surface area contributed by atoms with E-state index >= 15 is 0 Å². The number of aliphatic hydroxyl groups excluding tert-OH is 2. The summed E-state index contributed by atoms with van der Waals surface area (Å²) in [4.78, 5) is 0. The van der Waals surface area contributed by atoms with Crippen LogP contribution in [0.25, 0.3) is 0 Å². The quantitative estimate of drug-likeness (QED) is 0.471. The van der Waals surface area contributed by atoms with E-state index in [9.17, 15) is 5.11 Å². The first-order valence-electron chi connectivity index (χ1n) is 9.39. The summed E-state index contributed by atoms with van der Waals surface area (Å²) in [5.41, 5.74) is 1.64. The van der Waals surface area contributed by atoms with Crippen LogP contribution in [0.2, 0.25) is 10.0 Å². The molecule has 0 aliphatic rings. The van der Waals surface area contributed by atoms with E-state index in [1.165, 1.54) is 0 Å². The Hall–Kier alpha value is -1.17. The van der Waals surface area contributed by atoms with Gasteiger partial charge in [0, 0.05) is 17.9 Å². The summed E-state index contributed by atoms with van der Waals surface area (Å²) in [6.07, 6.45) is -0.791. The van der Waals surface area contributed by atoms with Gasteiger partial charge in [0.15, 0.2) is 5.75 Å². The van der Waals surface area contributed by atoms with E-state index in [1.54, 1.807) is 0 Å². The van der Waals surface area contributed by atoms with Gasteiger partial charge in [-0.1, -0.05) is 56.1 Å². The van der Waals surface area contributed by atoms with Gasteiger partial charge < -0.3 is 19.7 Å². The normalized spacial score (nSPS) is 13.8. The van der Waals surface area contributed by atoms with Crippen molar-refractivity contribution in [3.63, 3.8) is 0 Å². The Kier molecular flexibility index (Phi) is 8.92. The summed E-state index contributed by atoms with van der Waals surface area (Å²) < 4.78 is 11.2. The highest BCUT2D eigenvalue weighted by molar-refractivity contribution is 6.37. The van der Waals surface area contributed by atoms with Crippen molar-refractivity contribution in [1.29, 1.82) is 0 Å². The number of benzene rings is 2. The van der Waals surface area contributed by atoms with Crippen molar-refractivity contribution in [3.8, 4) is 11.5 Å². The zero-order valence-electron chi connectivity index (χ0n) is 16.8. The van der Waals surface area contributed by atoms with Crippen molar-refractivity contribution >= 4 is 34.8 Å². The number of rotatable bonds is 10. The lowest BCUT2D eigenvalue weighted by atomic mass is 9.78. The average molecular weight is 462 g/mol. The van der Waals surface area contributed by atoms with Gasteiger partial charge in [0.05, 0.1) is 22.5 Å². The molecule has 7 heteroatoms. The summed E-state index contributed by atoms with van der Waals surface area (Å²) in [6, 6.07) is 11.5. The molecule has 0 aromatic heterocycles. The zero-order chi connectivity index (χ0) is 21.6. The third kappa shape index (κ3) is 6.40. The Bertz CT molecular complexity index is 770. The van der Waals surface area contributed by atoms with Crippen LogP contribution >= 0.6 is 34.8 Å². The van der Waals surface area contributed by atoms with Crippen molar-refractivity contribution in [2.45, 2.75) is 32.3 Å². The van der Waals surface area contributed by atoms with Crippen molar-refractivity contribution in [2.75, 3.05) is 25.7 Å². The second kappa shape index (κ2) is 10.7. The molecule has 4 nitrogen and oxygen atoms in total. The van der Waals surface area contributed by atoms with E-state index < -0.39 is 6.10 Å². The minimum absolute atomic E-state index is 0.0159. The highest BCUT2D eigenvalue weighted by Gasteiger charge is 2.26. The van der Waals surface area contributed by atoms with Crippen LogP contribution in [-0.2, 0) is 5.41 Å². The summed E-state index contributed by atoms with van der Waals surface area (Å²) in [6.45, 7) is 6.66. The molecule has 2 aromatic rings. The number of alkyl halides is 1. The molecule has 0 bridgehead atoms. The first-order chi connectivity index (χ1) is 13.7. The molecule has 2 rings (SSSR count). The summed E-state index contributed by atoms with van der Waals surface area (Å²) >= 11 is 18.4. The van der Waals surface area contributed by atoms with Gasteiger partial charge in [-0.2, -0.15) is 0 Å². The molecule has 2 N–H and O–H groups in total. The first kappa shape index (κ1) is 24.1. The molecule has 0 heterocycles. The molecule has 0 amide bonds. The van der Waals surface area contributed by atoms with Gasteiger partial charge in [-0.3, -0.25) is 0 Å². The molecular formula is C22H27Cl3O4. The Morgan fingerprint density at radius 3 is 2.07 bits per heavy atom. The van der Waals surface area contributed by atoms with Crippen LogP contribution in [-0.4, -0.2) is 42.0 Å². The second-order valence-corrected chi connectivity index (χ2v) is 8.76. The minimum Gasteiger partial charge on any atom is -0.493 e. The first-order valence-corrected chi connectivity index (χ1v) is 10.7. The predicted octanol–water partition coefficient (Wildman–Crippen LogP) is 5.31. The molecule has 0 unspecified atom stereocenters. The van der Waals surface area contributed by atoms with E-state index in [2.05, 4.69) is 13.8 Å². The number of hydrogen-bond acceptors (Lipinski definition) is 4. The molecule has 2 aromatic carbocycles. The monoisotopic (exact) mass is 460 g/mol. The zero-order valence-corrected chi connectivity index (χ0v) is 19.1. The molecule has 0 saturated carbocycles. The van der Waals surface area contributed by atoms with Gasteiger partial charge in [0.1, 0.15) is 18.5 Å². The predicted molar refractivity (Wildman–Crippen MR) is 119 cm³/mol. The lowest BCUT2D eigenvalue weighted by Gasteiger charge is -2.27. The van der Waals surface area contributed by atoms with E-state index in [0.29, 0.717) is 22.4 Å². The Morgan fingerprint density at radius 2 is 1.55 bits per heavy atom. The van der Waals surface area contributed by atoms with Gasteiger partial charge >= 0.3 is 0 Å². The van der Waals surface area contributed by atoms with Crippen LogP contribution in [0.1, 0.15) is 31.9 Å². The third-order valence-corrected chi connectivity index (χ3v) is 5.66. The van der Waals surface area contributed by atoms with Gasteiger partial charge in [-0.15, -0.1) is 11.6 Å². The Morgan fingerprint density at radius 1 is 0.966 bits per heavy atom. The SMILES string of the molecule is C[C@@H](CO)COc1ccc(C(C)(C)c2cc(Cl)c(OC[C@H](O)CCl)c(Cl)c2)cc1. The van der Waals surface area contributed by atoms with Crippen LogP contribution in [0.3, 0.4) is 0 Å². The van der Waals surface area contributed by atoms with E-state index in [-0.39, 0.29) is 30.4 Å². The van der Waals surface area contributed by atoms with Crippen LogP contribution in [0.5, 0.6) is 11.5 Å². The third-order valence-electron chi connectivity index (χ3n) is 4.74. The van der Waals surface area contributed by atoms with Crippen molar-refractivity contribution < 1.29 is 19.7 Å². The fourth-order valence-electron chi connectivity index (χ4n) is 2.71. The second-order valence-electron chi connectivity index (χ2n) is 7.64. The highest BCUT2D eigenvalue weighted by atomic mass is 35.5. The topological polar surface area (TPSA) is 58.9 Å². The van der Waals surface area contributed by atoms with Crippen molar-refractivity contribution in [2.24, 2.45) is 5.92 Å². The molecule has 29 heavy (non-hydrogen) atoms. The standard InChI is InChI=1S/C22H27Cl3O4/c1-14(11-26)12-28-18-6-4-15(5-7-18)22(2,3)16-8-19(24)21(20(25)9-16)29-13-17(27)10-23/h4-9,14,17,26-27H,10-13H2,1-3H3/t14-,17+/m0/s1. The smallest absolute Gasteiger partial charge is 0.156 e. The molecule has 0 spiro atoms. The molecule has 0 saturated heterocycles. The van der Waals surface area contributed by atoms with Crippen molar-refractivity contribution in [3.05, 3.63) is 57.6 Å². The van der Waals surface area contributed by atoms with E-state index in [4.69, 9.17) is 49.4 Å². The van der Waals surface area contributed by atoms with Gasteiger partial charge in [0.25, 0.3) is 0 Å². The highest BCUT2D eigenvalue weighted by Crippen LogP contribution is 2.40. The van der Waals surface area contributed by atoms with Crippen LogP contribution in [0.4, 0.5) is 0 Å². The van der Waals surface area contributed by atoms with Crippen molar-refractivity contribution in [1.82, 2.24) is 0 Å². The Labute approximate surface area is 187 Å². The summed E-state index contributed by atoms with van der Waals surface area (Å²) in [5.74, 6) is 1.24. The average Bonchev–Trinajstić information content (AvgIpc) is 2.71. The lowest BCUT2D eigenvalue weighted by Crippen LogP contribution is -2.20. The van der Waals surface area contributed by atoms with Crippen LogP contribution < -0.4 is 9.47 Å². The van der Waals surface area contributed by atoms with Gasteiger partial charge in [-0.25, -0.2) is 0 Å². The maximum absolute atomic E-state index is 9.57. The summed E-state index contributed by atoms with van der Waals surface area (Å²) in [7, 11) is 0. The number of hydrogen-bond donors (Lipinski definition) is 2. The largest absolute Gasteiger partial charge is 0.493 e. The molecule has 0 fully saturated rings. The van der Waals surface area contributed by atoms with Gasteiger partial charge in [-0.05, 0) is 35.4 Å². The maximum atomic E-state index is 9.57. The van der Waals surface area contributed by atoms with Gasteiger partial charge in [0.2, 0.25) is 0 Å². The number of halogens is 3. The number of ether oxygens (including phenoxy) is 2. The fourth-order valence-corrected chi connectivity index (χ4v) is 3.39. The Balaban J connectivity index is 2.19. The number of aliphatic hydroxyl groups is 2. The molecule has 2 atom stereocenters. The maximum Gasteiger partial charge on any atom is 0.156 e. The van der Waals surface area contributed by atoms with Crippen LogP contribution in [0, 0.1) is 5.92 Å². The van der Waals surface area contributed by atoms with Crippen LogP contribution in [0.15, 0.2) is 36.4 Å². The molecule has 0 radical (unpaired) electrons. The lowest BCUT2D eigenvalue weighted by molar-refractivity contribution is 0.125. The molecule has 0 aliphatic carbocycles. The van der Waals surface area contributed by atoms with E-state index in [0.717, 1.165) is 16.9 Å².